The molecule has 90 valence electrons. The van der Waals surface area contributed by atoms with Crippen LogP contribution in [0.5, 0.6) is 0 Å². The summed E-state index contributed by atoms with van der Waals surface area (Å²) in [6.07, 6.45) is 2.84. The van der Waals surface area contributed by atoms with Gasteiger partial charge in [-0.1, -0.05) is 0 Å². The minimum absolute atomic E-state index is 0.300. The fourth-order valence-electron chi connectivity index (χ4n) is 1.76. The number of aromatic nitrogens is 1. The molecular formula is C12H15N3OS. The number of H-pyrrole nitrogens is 1. The molecule has 0 spiro atoms. The molecule has 1 aromatic heterocycles. The summed E-state index contributed by atoms with van der Waals surface area (Å²) in [6, 6.07) is 6.07. The summed E-state index contributed by atoms with van der Waals surface area (Å²) in [5, 5.41) is 1.17. The maximum atomic E-state index is 10.7. The molecule has 1 amide bonds. The lowest BCUT2D eigenvalue weighted by Crippen LogP contribution is -2.12. The van der Waals surface area contributed by atoms with Gasteiger partial charge in [0, 0.05) is 22.0 Å². The van der Waals surface area contributed by atoms with Crippen molar-refractivity contribution in [2.45, 2.75) is 11.3 Å². The summed E-state index contributed by atoms with van der Waals surface area (Å²) in [6.45, 7) is 0.631. The quantitative estimate of drug-likeness (QED) is 0.697. The lowest BCUT2D eigenvalue weighted by molar-refractivity contribution is -0.115. The van der Waals surface area contributed by atoms with Gasteiger partial charge < -0.3 is 16.5 Å². The van der Waals surface area contributed by atoms with Gasteiger partial charge in [-0.05, 0) is 36.7 Å². The van der Waals surface area contributed by atoms with E-state index in [4.69, 9.17) is 11.5 Å². The van der Waals surface area contributed by atoms with Gasteiger partial charge in [-0.3, -0.25) is 4.79 Å². The maximum Gasteiger partial charge on any atom is 0.227 e. The fraction of sp³-hybridized carbons (Fsp3) is 0.250. The Bertz CT molecular complexity index is 536. The van der Waals surface area contributed by atoms with Crippen LogP contribution in [0, 0.1) is 0 Å². The van der Waals surface area contributed by atoms with E-state index >= 15 is 0 Å². The van der Waals surface area contributed by atoms with Gasteiger partial charge in [0.05, 0.1) is 5.75 Å². The fourth-order valence-corrected chi connectivity index (χ4v) is 2.44. The summed E-state index contributed by atoms with van der Waals surface area (Å²) in [5.74, 6) is 0.00801. The molecule has 17 heavy (non-hydrogen) atoms. The third-order valence-electron chi connectivity index (χ3n) is 2.53. The number of nitrogens with one attached hydrogen (secondary N) is 1. The predicted molar refractivity (Wildman–Crippen MR) is 71.0 cm³/mol. The lowest BCUT2D eigenvalue weighted by Gasteiger charge is -2.01. The zero-order chi connectivity index (χ0) is 12.3. The Labute approximate surface area is 104 Å². The largest absolute Gasteiger partial charge is 0.369 e. The van der Waals surface area contributed by atoms with Crippen LogP contribution in [0.25, 0.3) is 10.9 Å². The highest BCUT2D eigenvalue weighted by Crippen LogP contribution is 2.25. The van der Waals surface area contributed by atoms with Crippen molar-refractivity contribution in [3.8, 4) is 0 Å². The van der Waals surface area contributed by atoms with Crippen LogP contribution in [-0.4, -0.2) is 23.2 Å². The van der Waals surface area contributed by atoms with E-state index in [0.29, 0.717) is 12.3 Å². The molecule has 1 aromatic carbocycles. The summed E-state index contributed by atoms with van der Waals surface area (Å²) < 4.78 is 0. The van der Waals surface area contributed by atoms with Crippen molar-refractivity contribution >= 4 is 28.6 Å². The van der Waals surface area contributed by atoms with Crippen LogP contribution in [0.3, 0.4) is 0 Å². The van der Waals surface area contributed by atoms with E-state index in [0.717, 1.165) is 16.8 Å². The van der Waals surface area contributed by atoms with Gasteiger partial charge >= 0.3 is 0 Å². The number of rotatable bonds is 5. The number of carbonyl (C=O) groups is 1. The second-order valence-corrected chi connectivity index (χ2v) is 4.86. The van der Waals surface area contributed by atoms with E-state index in [-0.39, 0.29) is 5.91 Å². The van der Waals surface area contributed by atoms with Gasteiger partial charge in [0.15, 0.2) is 0 Å². The Balaban J connectivity index is 2.27. The Morgan fingerprint density at radius 3 is 2.94 bits per heavy atom. The number of hydrogen-bond acceptors (Lipinski definition) is 3. The van der Waals surface area contributed by atoms with Crippen LogP contribution < -0.4 is 11.5 Å². The average Bonchev–Trinajstić information content (AvgIpc) is 2.70. The smallest absolute Gasteiger partial charge is 0.227 e. The van der Waals surface area contributed by atoms with Crippen LogP contribution in [0.4, 0.5) is 0 Å². The predicted octanol–water partition coefficient (Wildman–Crippen LogP) is 1.25. The molecule has 0 aliphatic heterocycles. The van der Waals surface area contributed by atoms with Gasteiger partial charge in [0.1, 0.15) is 0 Å². The molecule has 5 N–H and O–H groups in total. The molecule has 0 unspecified atom stereocenters. The van der Waals surface area contributed by atoms with Crippen molar-refractivity contribution in [3.05, 3.63) is 30.0 Å². The van der Waals surface area contributed by atoms with E-state index in [1.54, 1.807) is 0 Å². The SMILES string of the molecule is NCCc1c[nH]c2ccc(SCC(N)=O)cc12. The normalized spacial score (nSPS) is 10.9. The van der Waals surface area contributed by atoms with Crippen LogP contribution in [-0.2, 0) is 11.2 Å². The third-order valence-corrected chi connectivity index (χ3v) is 3.55. The Kier molecular flexibility index (Phi) is 3.71. The first kappa shape index (κ1) is 12.0. The van der Waals surface area contributed by atoms with Gasteiger partial charge in [0.2, 0.25) is 5.91 Å². The Hall–Kier alpha value is -1.46. The standard InChI is InChI=1S/C12H15N3OS/c13-4-3-8-6-15-11-2-1-9(5-10(8)11)17-7-12(14)16/h1-2,5-6,15H,3-4,7,13H2,(H2,14,16). The topological polar surface area (TPSA) is 84.9 Å². The van der Waals surface area contributed by atoms with Gasteiger partial charge in [-0.15, -0.1) is 11.8 Å². The number of nitrogens with two attached hydrogens (primary N) is 2. The molecule has 0 saturated heterocycles. The summed E-state index contributed by atoms with van der Waals surface area (Å²) in [4.78, 5) is 15.0. The summed E-state index contributed by atoms with van der Waals surface area (Å²) >= 11 is 1.45. The molecule has 0 fully saturated rings. The number of hydrogen-bond donors (Lipinski definition) is 3. The van der Waals surface area contributed by atoms with Crippen molar-refractivity contribution in [2.75, 3.05) is 12.3 Å². The van der Waals surface area contributed by atoms with E-state index < -0.39 is 0 Å². The van der Waals surface area contributed by atoms with Crippen LogP contribution in [0.15, 0.2) is 29.3 Å². The van der Waals surface area contributed by atoms with Crippen molar-refractivity contribution in [1.82, 2.24) is 4.98 Å². The molecule has 0 aliphatic rings. The average molecular weight is 249 g/mol. The van der Waals surface area contributed by atoms with Crippen LogP contribution >= 0.6 is 11.8 Å². The minimum atomic E-state index is -0.300. The number of fused-ring (bicyclic) bond motifs is 1. The molecule has 2 rings (SSSR count). The van der Waals surface area contributed by atoms with E-state index in [9.17, 15) is 4.79 Å². The zero-order valence-corrected chi connectivity index (χ0v) is 10.2. The lowest BCUT2D eigenvalue weighted by atomic mass is 10.1. The van der Waals surface area contributed by atoms with Crippen LogP contribution in [0.2, 0.25) is 0 Å². The molecule has 0 radical (unpaired) electrons. The maximum absolute atomic E-state index is 10.7. The summed E-state index contributed by atoms with van der Waals surface area (Å²) in [5.41, 5.74) is 13.0. The first-order valence-corrected chi connectivity index (χ1v) is 6.40. The Morgan fingerprint density at radius 2 is 2.24 bits per heavy atom. The highest BCUT2D eigenvalue weighted by Gasteiger charge is 2.05. The van der Waals surface area contributed by atoms with Crippen molar-refractivity contribution < 1.29 is 4.79 Å². The molecule has 2 aromatic rings. The number of aromatic amines is 1. The molecule has 0 saturated carbocycles. The third kappa shape index (κ3) is 2.81. The van der Waals surface area contributed by atoms with Gasteiger partial charge in [-0.2, -0.15) is 0 Å². The molecule has 1 heterocycles. The van der Waals surface area contributed by atoms with E-state index in [1.165, 1.54) is 22.7 Å². The summed E-state index contributed by atoms with van der Waals surface area (Å²) in [7, 11) is 0. The number of carbonyl (C=O) groups excluding carboxylic acids is 1. The van der Waals surface area contributed by atoms with E-state index in [2.05, 4.69) is 11.1 Å². The number of primary amides is 1. The number of thioether (sulfide) groups is 1. The van der Waals surface area contributed by atoms with E-state index in [1.807, 2.05) is 18.3 Å². The van der Waals surface area contributed by atoms with Crippen LogP contribution in [0.1, 0.15) is 5.56 Å². The number of amides is 1. The second-order valence-electron chi connectivity index (χ2n) is 3.81. The van der Waals surface area contributed by atoms with Crippen molar-refractivity contribution in [2.24, 2.45) is 11.5 Å². The molecule has 5 heteroatoms. The molecular weight excluding hydrogens is 234 g/mol. The number of benzene rings is 1. The monoisotopic (exact) mass is 249 g/mol. The second kappa shape index (κ2) is 5.25. The highest BCUT2D eigenvalue weighted by molar-refractivity contribution is 8.00. The van der Waals surface area contributed by atoms with Crippen molar-refractivity contribution in [3.63, 3.8) is 0 Å². The first-order valence-electron chi connectivity index (χ1n) is 5.42. The molecule has 0 atom stereocenters. The highest BCUT2D eigenvalue weighted by atomic mass is 32.2. The molecule has 4 nitrogen and oxygen atoms in total. The molecule has 0 aliphatic carbocycles. The first-order chi connectivity index (χ1) is 8.20. The minimum Gasteiger partial charge on any atom is -0.369 e. The van der Waals surface area contributed by atoms with Gasteiger partial charge in [-0.25, -0.2) is 0 Å². The zero-order valence-electron chi connectivity index (χ0n) is 9.40. The van der Waals surface area contributed by atoms with Gasteiger partial charge in [0.25, 0.3) is 0 Å². The molecule has 0 bridgehead atoms. The Morgan fingerprint density at radius 1 is 1.41 bits per heavy atom. The van der Waals surface area contributed by atoms with Crippen molar-refractivity contribution in [1.29, 1.82) is 0 Å².